The van der Waals surface area contributed by atoms with Crippen LogP contribution in [-0.2, 0) is 10.0 Å². The molecule has 0 aromatic carbocycles. The van der Waals surface area contributed by atoms with Crippen molar-refractivity contribution < 1.29 is 8.42 Å². The molecule has 96 valence electrons. The van der Waals surface area contributed by atoms with E-state index in [9.17, 15) is 8.42 Å². The maximum Gasteiger partial charge on any atom is 0.217 e. The predicted molar refractivity (Wildman–Crippen MR) is 66.9 cm³/mol. The minimum atomic E-state index is -3.10. The van der Waals surface area contributed by atoms with E-state index in [-0.39, 0.29) is 5.25 Å². The average molecular weight is 248 g/mol. The summed E-state index contributed by atoms with van der Waals surface area (Å²) >= 11 is 0. The zero-order valence-electron chi connectivity index (χ0n) is 10.7. The van der Waals surface area contributed by atoms with Crippen molar-refractivity contribution in [2.24, 2.45) is 5.92 Å². The first-order valence-corrected chi connectivity index (χ1v) is 7.56. The molecule has 0 radical (unpaired) electrons. The smallest absolute Gasteiger partial charge is 0.217 e. The van der Waals surface area contributed by atoms with Crippen molar-refractivity contribution in [3.63, 3.8) is 0 Å². The van der Waals surface area contributed by atoms with Gasteiger partial charge in [-0.05, 0) is 19.3 Å². The van der Waals surface area contributed by atoms with Crippen LogP contribution in [0.15, 0.2) is 0 Å². The van der Waals surface area contributed by atoms with Crippen LogP contribution in [0, 0.1) is 5.92 Å². The number of rotatable bonds is 5. The van der Waals surface area contributed by atoms with Gasteiger partial charge in [-0.2, -0.15) is 0 Å². The molecule has 4 nitrogen and oxygen atoms in total. The van der Waals surface area contributed by atoms with E-state index < -0.39 is 10.0 Å². The van der Waals surface area contributed by atoms with Crippen molar-refractivity contribution >= 4 is 10.0 Å². The molecule has 1 saturated heterocycles. The lowest BCUT2D eigenvalue weighted by atomic mass is 10.2. The SMILES string of the molecule is CC1CCN(S(=O)(=O)C(C)CNC(C)C)C1. The van der Waals surface area contributed by atoms with Gasteiger partial charge in [-0.25, -0.2) is 12.7 Å². The molecule has 1 heterocycles. The fourth-order valence-corrected chi connectivity index (χ4v) is 3.53. The Morgan fingerprint density at radius 1 is 1.38 bits per heavy atom. The topological polar surface area (TPSA) is 49.4 Å². The summed E-state index contributed by atoms with van der Waals surface area (Å²) in [7, 11) is -3.10. The first-order valence-electron chi connectivity index (χ1n) is 6.06. The molecule has 1 N–H and O–H groups in total. The molecular formula is C11H24N2O2S. The average Bonchev–Trinajstić information content (AvgIpc) is 2.61. The number of nitrogens with one attached hydrogen (secondary N) is 1. The lowest BCUT2D eigenvalue weighted by Crippen LogP contribution is -2.42. The molecule has 0 saturated carbocycles. The maximum absolute atomic E-state index is 12.2. The Balaban J connectivity index is 2.56. The van der Waals surface area contributed by atoms with Crippen LogP contribution in [0.1, 0.15) is 34.1 Å². The van der Waals surface area contributed by atoms with E-state index in [1.807, 2.05) is 13.8 Å². The number of sulfonamides is 1. The molecule has 0 bridgehead atoms. The highest BCUT2D eigenvalue weighted by Crippen LogP contribution is 2.20. The van der Waals surface area contributed by atoms with Crippen LogP contribution >= 0.6 is 0 Å². The van der Waals surface area contributed by atoms with Gasteiger partial charge < -0.3 is 5.32 Å². The summed E-state index contributed by atoms with van der Waals surface area (Å²) in [6.07, 6.45) is 0.990. The highest BCUT2D eigenvalue weighted by Gasteiger charge is 2.33. The molecule has 16 heavy (non-hydrogen) atoms. The molecule has 0 amide bonds. The van der Waals surface area contributed by atoms with Gasteiger partial charge in [-0.15, -0.1) is 0 Å². The van der Waals surface area contributed by atoms with Gasteiger partial charge in [0.15, 0.2) is 0 Å². The van der Waals surface area contributed by atoms with Crippen molar-refractivity contribution in [3.8, 4) is 0 Å². The van der Waals surface area contributed by atoms with E-state index in [2.05, 4.69) is 12.2 Å². The second-order valence-electron chi connectivity index (χ2n) is 5.17. The van der Waals surface area contributed by atoms with Gasteiger partial charge >= 0.3 is 0 Å². The van der Waals surface area contributed by atoms with Crippen molar-refractivity contribution in [1.82, 2.24) is 9.62 Å². The normalized spacial score (nSPS) is 25.2. The summed E-state index contributed by atoms with van der Waals surface area (Å²) < 4.78 is 26.0. The Bertz CT molecular complexity index is 314. The van der Waals surface area contributed by atoms with Gasteiger partial charge in [0, 0.05) is 25.7 Å². The molecule has 1 aliphatic rings. The molecular weight excluding hydrogens is 224 g/mol. The van der Waals surface area contributed by atoms with Crippen molar-refractivity contribution in [2.75, 3.05) is 19.6 Å². The van der Waals surface area contributed by atoms with Crippen LogP contribution < -0.4 is 5.32 Å². The molecule has 0 spiro atoms. The van der Waals surface area contributed by atoms with Crippen molar-refractivity contribution in [2.45, 2.75) is 45.4 Å². The third kappa shape index (κ3) is 3.43. The first-order chi connectivity index (χ1) is 7.34. The quantitative estimate of drug-likeness (QED) is 0.791. The van der Waals surface area contributed by atoms with Crippen LogP contribution in [0.25, 0.3) is 0 Å². The lowest BCUT2D eigenvalue weighted by molar-refractivity contribution is 0.449. The Labute approximate surface area is 99.5 Å². The van der Waals surface area contributed by atoms with E-state index in [1.165, 1.54) is 0 Å². The number of hydrogen-bond acceptors (Lipinski definition) is 3. The monoisotopic (exact) mass is 248 g/mol. The molecule has 1 fully saturated rings. The van der Waals surface area contributed by atoms with Crippen LogP contribution in [-0.4, -0.2) is 43.6 Å². The molecule has 0 aliphatic carbocycles. The standard InChI is InChI=1S/C11H24N2O2S/c1-9(2)12-7-11(4)16(14,15)13-6-5-10(3)8-13/h9-12H,5-8H2,1-4H3. The van der Waals surface area contributed by atoms with Gasteiger partial charge in [-0.1, -0.05) is 20.8 Å². The summed E-state index contributed by atoms with van der Waals surface area (Å²) in [5.41, 5.74) is 0. The fraction of sp³-hybridized carbons (Fsp3) is 1.00. The number of nitrogens with zero attached hydrogens (tertiary/aromatic N) is 1. The van der Waals surface area contributed by atoms with Gasteiger partial charge in [0.25, 0.3) is 0 Å². The van der Waals surface area contributed by atoms with Crippen LogP contribution in [0.4, 0.5) is 0 Å². The Morgan fingerprint density at radius 3 is 2.44 bits per heavy atom. The summed E-state index contributed by atoms with van der Waals surface area (Å²) in [6.45, 7) is 9.85. The van der Waals surface area contributed by atoms with Crippen LogP contribution in [0.2, 0.25) is 0 Å². The molecule has 0 aromatic heterocycles. The first kappa shape index (κ1) is 13.9. The predicted octanol–water partition coefficient (Wildman–Crippen LogP) is 1.04. The second-order valence-corrected chi connectivity index (χ2v) is 7.52. The van der Waals surface area contributed by atoms with E-state index in [0.717, 1.165) is 6.42 Å². The molecule has 0 aromatic rings. The third-order valence-corrected chi connectivity index (χ3v) is 5.30. The fourth-order valence-electron chi connectivity index (χ4n) is 1.89. The Kier molecular flexibility index (Phi) is 4.76. The van der Waals surface area contributed by atoms with Gasteiger partial charge in [-0.3, -0.25) is 0 Å². The molecule has 1 rings (SSSR count). The van der Waals surface area contributed by atoms with Crippen LogP contribution in [0.3, 0.4) is 0 Å². The summed E-state index contributed by atoms with van der Waals surface area (Å²) in [6, 6.07) is 0.329. The zero-order valence-corrected chi connectivity index (χ0v) is 11.5. The zero-order chi connectivity index (χ0) is 12.3. The Hall–Kier alpha value is -0.130. The van der Waals surface area contributed by atoms with Crippen molar-refractivity contribution in [3.05, 3.63) is 0 Å². The van der Waals surface area contributed by atoms with E-state index >= 15 is 0 Å². The van der Waals surface area contributed by atoms with Gasteiger partial charge in [0.2, 0.25) is 10.0 Å². The highest BCUT2D eigenvalue weighted by atomic mass is 32.2. The van der Waals surface area contributed by atoms with E-state index in [4.69, 9.17) is 0 Å². The minimum Gasteiger partial charge on any atom is -0.313 e. The largest absolute Gasteiger partial charge is 0.313 e. The molecule has 5 heteroatoms. The maximum atomic E-state index is 12.2. The Morgan fingerprint density at radius 2 is 2.00 bits per heavy atom. The summed E-state index contributed by atoms with van der Waals surface area (Å²) in [5.74, 6) is 0.500. The van der Waals surface area contributed by atoms with Crippen LogP contribution in [0.5, 0.6) is 0 Å². The van der Waals surface area contributed by atoms with Gasteiger partial charge in [0.05, 0.1) is 5.25 Å². The number of hydrogen-bond donors (Lipinski definition) is 1. The van der Waals surface area contributed by atoms with Gasteiger partial charge in [0.1, 0.15) is 0 Å². The second kappa shape index (κ2) is 5.47. The summed E-state index contributed by atoms with van der Waals surface area (Å²) in [4.78, 5) is 0. The molecule has 2 unspecified atom stereocenters. The molecule has 2 atom stereocenters. The van der Waals surface area contributed by atoms with Crippen molar-refractivity contribution in [1.29, 1.82) is 0 Å². The summed E-state index contributed by atoms with van der Waals surface area (Å²) in [5, 5.41) is 2.85. The van der Waals surface area contributed by atoms with E-state index in [1.54, 1.807) is 11.2 Å². The molecule has 1 aliphatic heterocycles. The lowest BCUT2D eigenvalue weighted by Gasteiger charge is -2.22. The minimum absolute atomic E-state index is 0.329. The third-order valence-electron chi connectivity index (χ3n) is 3.07. The highest BCUT2D eigenvalue weighted by molar-refractivity contribution is 7.89. The van der Waals surface area contributed by atoms with E-state index in [0.29, 0.717) is 31.6 Å².